The maximum absolute atomic E-state index is 13.4. The van der Waals surface area contributed by atoms with Crippen molar-refractivity contribution in [2.24, 2.45) is 0 Å². The van der Waals surface area contributed by atoms with E-state index in [0.29, 0.717) is 40.4 Å². The standard InChI is InChI=1S/C24H19F3N4O2S2/c25-24(26,27)15-5-3-4-14(10-15)23(8-1-2-9-23)21(33)31-22-30-17-7-6-16(11-19(17)35-22)29-20(32)18-12-34-13-28-18/h3-7,10-13H,1-2,8-9H2,(H,29,32)(H,30,31,33). The first-order chi connectivity index (χ1) is 16.7. The third kappa shape index (κ3) is 4.65. The molecule has 11 heteroatoms. The van der Waals surface area contributed by atoms with Gasteiger partial charge in [0.25, 0.3) is 5.91 Å². The zero-order valence-corrected chi connectivity index (χ0v) is 19.8. The molecule has 1 aliphatic rings. The first-order valence-corrected chi connectivity index (χ1v) is 12.6. The van der Waals surface area contributed by atoms with Crippen molar-refractivity contribution in [1.29, 1.82) is 0 Å². The maximum atomic E-state index is 13.4. The number of hydrogen-bond acceptors (Lipinski definition) is 6. The lowest BCUT2D eigenvalue weighted by atomic mass is 9.77. The number of benzene rings is 2. The average molecular weight is 517 g/mol. The summed E-state index contributed by atoms with van der Waals surface area (Å²) in [6, 6.07) is 10.2. The molecule has 6 nitrogen and oxygen atoms in total. The monoisotopic (exact) mass is 516 g/mol. The fourth-order valence-corrected chi connectivity index (χ4v) is 5.84. The molecule has 0 spiro atoms. The van der Waals surface area contributed by atoms with Gasteiger partial charge >= 0.3 is 6.18 Å². The molecule has 4 aromatic rings. The third-order valence-corrected chi connectivity index (χ3v) is 7.69. The van der Waals surface area contributed by atoms with E-state index in [9.17, 15) is 22.8 Å². The molecule has 1 saturated carbocycles. The minimum absolute atomic E-state index is 0.323. The van der Waals surface area contributed by atoms with Crippen LogP contribution in [0.3, 0.4) is 0 Å². The number of fused-ring (bicyclic) bond motifs is 1. The molecule has 0 aliphatic heterocycles. The zero-order valence-electron chi connectivity index (χ0n) is 18.2. The van der Waals surface area contributed by atoms with Gasteiger partial charge in [-0.1, -0.05) is 42.4 Å². The fraction of sp³-hybridized carbons (Fsp3) is 0.250. The lowest BCUT2D eigenvalue weighted by molar-refractivity contribution is -0.137. The van der Waals surface area contributed by atoms with Gasteiger partial charge in [-0.15, -0.1) is 11.3 Å². The molecule has 2 aromatic carbocycles. The molecule has 0 radical (unpaired) electrons. The number of anilines is 2. The summed E-state index contributed by atoms with van der Waals surface area (Å²) in [7, 11) is 0. The van der Waals surface area contributed by atoms with E-state index in [1.54, 1.807) is 35.2 Å². The van der Waals surface area contributed by atoms with Crippen LogP contribution in [0.15, 0.2) is 53.4 Å². The van der Waals surface area contributed by atoms with Crippen LogP contribution < -0.4 is 10.6 Å². The van der Waals surface area contributed by atoms with E-state index in [-0.39, 0.29) is 11.8 Å². The maximum Gasteiger partial charge on any atom is 0.416 e. The Morgan fingerprint density at radius 3 is 2.54 bits per heavy atom. The number of thiazole rings is 2. The molecule has 2 N–H and O–H groups in total. The van der Waals surface area contributed by atoms with Crippen molar-refractivity contribution in [2.45, 2.75) is 37.3 Å². The predicted molar refractivity (Wildman–Crippen MR) is 130 cm³/mol. The molecule has 1 aliphatic carbocycles. The number of halogens is 3. The van der Waals surface area contributed by atoms with Crippen molar-refractivity contribution < 1.29 is 22.8 Å². The number of amides is 2. The van der Waals surface area contributed by atoms with Crippen LogP contribution in [-0.4, -0.2) is 21.8 Å². The van der Waals surface area contributed by atoms with Crippen molar-refractivity contribution in [3.63, 3.8) is 0 Å². The highest BCUT2D eigenvalue weighted by atomic mass is 32.1. The van der Waals surface area contributed by atoms with Crippen LogP contribution in [0, 0.1) is 0 Å². The van der Waals surface area contributed by atoms with Gasteiger partial charge in [-0.3, -0.25) is 9.59 Å². The van der Waals surface area contributed by atoms with E-state index >= 15 is 0 Å². The molecule has 0 unspecified atom stereocenters. The first-order valence-electron chi connectivity index (χ1n) is 10.8. The normalized spacial score (nSPS) is 15.3. The van der Waals surface area contributed by atoms with E-state index in [2.05, 4.69) is 20.6 Å². The minimum Gasteiger partial charge on any atom is -0.321 e. The second-order valence-electron chi connectivity index (χ2n) is 8.35. The van der Waals surface area contributed by atoms with Gasteiger partial charge in [-0.25, -0.2) is 9.97 Å². The number of nitrogens with zero attached hydrogens (tertiary/aromatic N) is 2. The van der Waals surface area contributed by atoms with E-state index in [1.807, 2.05) is 0 Å². The summed E-state index contributed by atoms with van der Waals surface area (Å²) >= 11 is 2.56. The van der Waals surface area contributed by atoms with Crippen LogP contribution in [-0.2, 0) is 16.4 Å². The van der Waals surface area contributed by atoms with E-state index in [1.165, 1.54) is 28.7 Å². The topological polar surface area (TPSA) is 84.0 Å². The fourth-order valence-electron chi connectivity index (χ4n) is 4.41. The minimum atomic E-state index is -4.48. The van der Waals surface area contributed by atoms with Crippen LogP contribution in [0.1, 0.15) is 47.3 Å². The Labute approximate surface area is 206 Å². The van der Waals surface area contributed by atoms with Gasteiger partial charge in [0, 0.05) is 11.1 Å². The average Bonchev–Trinajstić information content (AvgIpc) is 3.59. The zero-order chi connectivity index (χ0) is 24.6. The molecule has 1 fully saturated rings. The summed E-state index contributed by atoms with van der Waals surface area (Å²) in [6.45, 7) is 0. The molecule has 2 amide bonds. The lowest BCUT2D eigenvalue weighted by Gasteiger charge is -2.28. The van der Waals surface area contributed by atoms with Crippen molar-refractivity contribution in [3.8, 4) is 0 Å². The number of alkyl halides is 3. The lowest BCUT2D eigenvalue weighted by Crippen LogP contribution is -2.38. The smallest absolute Gasteiger partial charge is 0.321 e. The van der Waals surface area contributed by atoms with Crippen LogP contribution in [0.2, 0.25) is 0 Å². The summed E-state index contributed by atoms with van der Waals surface area (Å²) in [5.74, 6) is -0.682. The van der Waals surface area contributed by atoms with Gasteiger partial charge in [-0.05, 0) is 42.7 Å². The molecular weight excluding hydrogens is 497 g/mol. The highest BCUT2D eigenvalue weighted by Crippen LogP contribution is 2.44. The van der Waals surface area contributed by atoms with Gasteiger partial charge < -0.3 is 10.6 Å². The SMILES string of the molecule is O=C(Nc1ccc2nc(NC(=O)C3(c4cccc(C(F)(F)F)c4)CCCC3)sc2c1)c1cscn1. The van der Waals surface area contributed by atoms with Crippen LogP contribution in [0.5, 0.6) is 0 Å². The molecule has 5 rings (SSSR count). The Bertz CT molecular complexity index is 1390. The Morgan fingerprint density at radius 1 is 1.03 bits per heavy atom. The van der Waals surface area contributed by atoms with Crippen molar-refractivity contribution in [3.05, 3.63) is 70.2 Å². The summed E-state index contributed by atoms with van der Waals surface area (Å²) in [5.41, 5.74) is 1.67. The largest absolute Gasteiger partial charge is 0.416 e. The van der Waals surface area contributed by atoms with E-state index in [0.717, 1.165) is 29.7 Å². The Morgan fingerprint density at radius 2 is 1.83 bits per heavy atom. The number of carbonyl (C=O) groups excluding carboxylic acids is 2. The second-order valence-corrected chi connectivity index (χ2v) is 10.1. The molecule has 180 valence electrons. The van der Waals surface area contributed by atoms with Gasteiger partial charge in [0.15, 0.2) is 5.13 Å². The summed E-state index contributed by atoms with van der Waals surface area (Å²) in [5, 5.41) is 7.63. The molecule has 2 aromatic heterocycles. The highest BCUT2D eigenvalue weighted by Gasteiger charge is 2.44. The van der Waals surface area contributed by atoms with Gasteiger partial charge in [0.1, 0.15) is 5.69 Å². The third-order valence-electron chi connectivity index (χ3n) is 6.17. The predicted octanol–water partition coefficient (Wildman–Crippen LogP) is 6.47. The van der Waals surface area contributed by atoms with Crippen LogP contribution in [0.4, 0.5) is 24.0 Å². The van der Waals surface area contributed by atoms with Gasteiger partial charge in [0.05, 0.1) is 26.7 Å². The molecule has 2 heterocycles. The number of hydrogen-bond donors (Lipinski definition) is 2. The molecular formula is C24H19F3N4O2S2. The molecule has 0 bridgehead atoms. The number of rotatable bonds is 5. The number of aromatic nitrogens is 2. The van der Waals surface area contributed by atoms with Crippen molar-refractivity contribution in [1.82, 2.24) is 9.97 Å². The Balaban J connectivity index is 1.38. The molecule has 0 atom stereocenters. The highest BCUT2D eigenvalue weighted by molar-refractivity contribution is 7.22. The van der Waals surface area contributed by atoms with Gasteiger partial charge in [0.2, 0.25) is 5.91 Å². The summed E-state index contributed by atoms with van der Waals surface area (Å²) in [4.78, 5) is 34.1. The van der Waals surface area contributed by atoms with Crippen LogP contribution >= 0.6 is 22.7 Å². The van der Waals surface area contributed by atoms with E-state index < -0.39 is 17.2 Å². The van der Waals surface area contributed by atoms with Crippen LogP contribution in [0.25, 0.3) is 10.2 Å². The van der Waals surface area contributed by atoms with Crippen molar-refractivity contribution >= 4 is 55.5 Å². The Hall–Kier alpha value is -3.31. The summed E-state index contributed by atoms with van der Waals surface area (Å²) < 4.78 is 40.6. The summed E-state index contributed by atoms with van der Waals surface area (Å²) in [6.07, 6.45) is -2.03. The van der Waals surface area contributed by atoms with Gasteiger partial charge in [-0.2, -0.15) is 13.2 Å². The number of nitrogens with one attached hydrogen (secondary N) is 2. The molecule has 0 saturated heterocycles. The van der Waals surface area contributed by atoms with E-state index in [4.69, 9.17) is 0 Å². The Kier molecular flexibility index (Phi) is 6.06. The second kappa shape index (κ2) is 9.04. The first kappa shape index (κ1) is 23.4. The number of carbonyl (C=O) groups is 2. The quantitative estimate of drug-likeness (QED) is 0.318. The molecule has 35 heavy (non-hydrogen) atoms. The van der Waals surface area contributed by atoms with Crippen molar-refractivity contribution in [2.75, 3.05) is 10.6 Å².